The lowest BCUT2D eigenvalue weighted by atomic mass is 10.1. The molecular weight excluding hydrogens is 358 g/mol. The second-order valence-electron chi connectivity index (χ2n) is 5.46. The molecule has 1 heterocycles. The number of hydrogen-bond donors (Lipinski definition) is 1. The van der Waals surface area contributed by atoms with Crippen LogP contribution in [0.25, 0.3) is 6.08 Å². The van der Waals surface area contributed by atoms with Gasteiger partial charge in [-0.25, -0.2) is 4.79 Å². The average Bonchev–Trinajstić information content (AvgIpc) is 2.65. The van der Waals surface area contributed by atoms with Gasteiger partial charge in [-0.1, -0.05) is 23.7 Å². The molecule has 0 aromatic heterocycles. The second kappa shape index (κ2) is 7.84. The van der Waals surface area contributed by atoms with Crippen molar-refractivity contribution >= 4 is 41.0 Å². The van der Waals surface area contributed by atoms with Crippen molar-refractivity contribution in [2.45, 2.75) is 0 Å². The van der Waals surface area contributed by atoms with Gasteiger partial charge in [0.2, 0.25) is 0 Å². The first-order valence-electron chi connectivity index (χ1n) is 7.71. The van der Waals surface area contributed by atoms with E-state index in [9.17, 15) is 14.4 Å². The average molecular weight is 372 g/mol. The normalized spacial score (nSPS) is 12.9. The highest BCUT2D eigenvalue weighted by atomic mass is 35.5. The molecule has 1 aliphatic heterocycles. The van der Waals surface area contributed by atoms with E-state index in [1.54, 1.807) is 42.5 Å². The van der Waals surface area contributed by atoms with E-state index in [0.717, 1.165) is 5.56 Å². The maximum absolute atomic E-state index is 12.2. The lowest BCUT2D eigenvalue weighted by Crippen LogP contribution is -2.25. The fraction of sp³-hybridized carbons (Fsp3) is 0.105. The third kappa shape index (κ3) is 4.49. The molecule has 0 spiro atoms. The first kappa shape index (κ1) is 17.7. The lowest BCUT2D eigenvalue weighted by molar-refractivity contribution is -0.136. The summed E-state index contributed by atoms with van der Waals surface area (Å²) in [6.45, 7) is -0.463. The maximum atomic E-state index is 12.2. The summed E-state index contributed by atoms with van der Waals surface area (Å²) in [4.78, 5) is 35.2. The number of amides is 1. The molecule has 26 heavy (non-hydrogen) atoms. The van der Waals surface area contributed by atoms with Gasteiger partial charge < -0.3 is 14.8 Å². The number of nitrogens with one attached hydrogen (secondary N) is 1. The van der Waals surface area contributed by atoms with E-state index >= 15 is 0 Å². The fourth-order valence-electron chi connectivity index (χ4n) is 2.26. The zero-order chi connectivity index (χ0) is 18.5. The molecule has 6 nitrogen and oxygen atoms in total. The van der Waals surface area contributed by atoms with Crippen LogP contribution in [0.15, 0.2) is 48.5 Å². The summed E-state index contributed by atoms with van der Waals surface area (Å²) in [7, 11) is 0. The molecule has 0 saturated carbocycles. The maximum Gasteiger partial charge on any atom is 0.331 e. The van der Waals surface area contributed by atoms with Gasteiger partial charge in [0.1, 0.15) is 5.75 Å². The molecule has 2 aromatic carbocycles. The smallest absolute Gasteiger partial charge is 0.331 e. The van der Waals surface area contributed by atoms with E-state index in [1.165, 1.54) is 12.1 Å². The number of carbonyl (C=O) groups excluding carboxylic acids is 3. The second-order valence-corrected chi connectivity index (χ2v) is 5.90. The third-order valence-corrected chi connectivity index (χ3v) is 3.81. The van der Waals surface area contributed by atoms with Gasteiger partial charge in [-0.2, -0.15) is 0 Å². The molecular formula is C19H14ClNO5. The van der Waals surface area contributed by atoms with Crippen molar-refractivity contribution in [3.8, 4) is 5.75 Å². The molecule has 0 fully saturated rings. The number of ketones is 1. The number of rotatable bonds is 5. The Labute approximate surface area is 154 Å². The van der Waals surface area contributed by atoms with Gasteiger partial charge in [-0.3, -0.25) is 9.59 Å². The minimum Gasteiger partial charge on any atom is -0.482 e. The number of Topliss-reactive ketones (excluding diaryl/α,β-unsaturated/α-hetero) is 1. The number of ether oxygens (including phenoxy) is 2. The predicted octanol–water partition coefficient (Wildman–Crippen LogP) is 3.11. The van der Waals surface area contributed by atoms with E-state index in [0.29, 0.717) is 22.0 Å². The van der Waals surface area contributed by atoms with Gasteiger partial charge in [-0.05, 0) is 42.0 Å². The van der Waals surface area contributed by atoms with Crippen molar-refractivity contribution in [2.24, 2.45) is 0 Å². The molecule has 2 aromatic rings. The van der Waals surface area contributed by atoms with Crippen LogP contribution in [0.2, 0.25) is 5.02 Å². The van der Waals surface area contributed by atoms with Crippen LogP contribution in [0, 0.1) is 0 Å². The lowest BCUT2D eigenvalue weighted by Gasteiger charge is -2.18. The number of esters is 1. The van der Waals surface area contributed by atoms with Crippen LogP contribution in [0.3, 0.4) is 0 Å². The van der Waals surface area contributed by atoms with Gasteiger partial charge in [0.25, 0.3) is 5.91 Å². The number of halogens is 1. The molecule has 0 atom stereocenters. The predicted molar refractivity (Wildman–Crippen MR) is 96.3 cm³/mol. The van der Waals surface area contributed by atoms with Crippen LogP contribution in [0.5, 0.6) is 5.75 Å². The molecule has 1 N–H and O–H groups in total. The van der Waals surface area contributed by atoms with Crippen molar-refractivity contribution in [1.82, 2.24) is 0 Å². The standard InChI is InChI=1S/C19H14ClNO5/c20-14-5-1-12(2-6-14)3-8-19(24)26-10-16(22)13-4-7-17-15(9-13)21-18(23)11-25-17/h1-9H,10-11H2,(H,21,23)/b8-3+. The highest BCUT2D eigenvalue weighted by Gasteiger charge is 2.18. The Morgan fingerprint density at radius 1 is 1.19 bits per heavy atom. The monoisotopic (exact) mass is 371 g/mol. The highest BCUT2D eigenvalue weighted by Crippen LogP contribution is 2.28. The third-order valence-electron chi connectivity index (χ3n) is 3.56. The molecule has 1 aliphatic rings. The number of anilines is 1. The SMILES string of the molecule is O=C1COc2ccc(C(=O)COC(=O)/C=C/c3ccc(Cl)cc3)cc2N1. The Balaban J connectivity index is 1.56. The van der Waals surface area contributed by atoms with E-state index in [4.69, 9.17) is 21.1 Å². The van der Waals surface area contributed by atoms with E-state index in [-0.39, 0.29) is 18.3 Å². The van der Waals surface area contributed by atoms with Crippen LogP contribution >= 0.6 is 11.6 Å². The molecule has 7 heteroatoms. The number of hydrogen-bond acceptors (Lipinski definition) is 5. The Morgan fingerprint density at radius 2 is 1.96 bits per heavy atom. The first-order valence-corrected chi connectivity index (χ1v) is 8.09. The van der Waals surface area contributed by atoms with Crippen molar-refractivity contribution < 1.29 is 23.9 Å². The van der Waals surface area contributed by atoms with Crippen molar-refractivity contribution in [2.75, 3.05) is 18.5 Å². The van der Waals surface area contributed by atoms with E-state index in [1.807, 2.05) is 0 Å². The van der Waals surface area contributed by atoms with Gasteiger partial charge >= 0.3 is 5.97 Å². The number of fused-ring (bicyclic) bond motifs is 1. The summed E-state index contributed by atoms with van der Waals surface area (Å²) < 4.78 is 10.2. The summed E-state index contributed by atoms with van der Waals surface area (Å²) in [6, 6.07) is 11.5. The van der Waals surface area contributed by atoms with Crippen molar-refractivity contribution in [3.63, 3.8) is 0 Å². The quantitative estimate of drug-likeness (QED) is 0.496. The Morgan fingerprint density at radius 3 is 2.73 bits per heavy atom. The number of carbonyl (C=O) groups is 3. The number of benzene rings is 2. The highest BCUT2D eigenvalue weighted by molar-refractivity contribution is 6.30. The van der Waals surface area contributed by atoms with Crippen LogP contribution in [-0.4, -0.2) is 30.9 Å². The Hall–Kier alpha value is -3.12. The van der Waals surface area contributed by atoms with E-state index in [2.05, 4.69) is 5.32 Å². The zero-order valence-electron chi connectivity index (χ0n) is 13.5. The van der Waals surface area contributed by atoms with Crippen LogP contribution in [0.1, 0.15) is 15.9 Å². The largest absolute Gasteiger partial charge is 0.482 e. The molecule has 0 radical (unpaired) electrons. The van der Waals surface area contributed by atoms with Crippen molar-refractivity contribution in [1.29, 1.82) is 0 Å². The summed E-state index contributed by atoms with van der Waals surface area (Å²) >= 11 is 5.79. The van der Waals surface area contributed by atoms with Crippen molar-refractivity contribution in [3.05, 3.63) is 64.7 Å². The topological polar surface area (TPSA) is 81.7 Å². The molecule has 0 saturated heterocycles. The molecule has 0 unspecified atom stereocenters. The van der Waals surface area contributed by atoms with Gasteiger partial charge in [-0.15, -0.1) is 0 Å². The van der Waals surface area contributed by atoms with Gasteiger partial charge in [0, 0.05) is 16.7 Å². The molecule has 3 rings (SSSR count). The summed E-state index contributed by atoms with van der Waals surface area (Å²) in [5, 5.41) is 3.22. The minimum atomic E-state index is -0.636. The molecule has 0 bridgehead atoms. The van der Waals surface area contributed by atoms with Crippen LogP contribution in [-0.2, 0) is 14.3 Å². The Bertz CT molecular complexity index is 889. The molecule has 1 amide bonds. The van der Waals surface area contributed by atoms with Crippen LogP contribution < -0.4 is 10.1 Å². The molecule has 132 valence electrons. The summed E-state index contributed by atoms with van der Waals surface area (Å²) in [5.41, 5.74) is 1.51. The van der Waals surface area contributed by atoms with Gasteiger partial charge in [0.05, 0.1) is 5.69 Å². The van der Waals surface area contributed by atoms with Crippen LogP contribution in [0.4, 0.5) is 5.69 Å². The minimum absolute atomic E-state index is 0.0577. The zero-order valence-corrected chi connectivity index (χ0v) is 14.3. The van der Waals surface area contributed by atoms with Gasteiger partial charge in [0.15, 0.2) is 19.0 Å². The summed E-state index contributed by atoms with van der Waals surface area (Å²) in [6.07, 6.45) is 2.80. The summed E-state index contributed by atoms with van der Waals surface area (Å²) in [5.74, 6) is -0.825. The Kier molecular flexibility index (Phi) is 5.34. The molecule has 0 aliphatic carbocycles. The fourth-order valence-corrected chi connectivity index (χ4v) is 2.39. The first-order chi connectivity index (χ1) is 12.5. The van der Waals surface area contributed by atoms with E-state index < -0.39 is 12.6 Å².